The molecular formula is C21H28N4O2. The van der Waals surface area contributed by atoms with Crippen LogP contribution in [0.4, 0.5) is 11.5 Å². The van der Waals surface area contributed by atoms with Gasteiger partial charge in [-0.15, -0.1) is 0 Å². The van der Waals surface area contributed by atoms with Crippen molar-refractivity contribution in [1.29, 1.82) is 0 Å². The van der Waals surface area contributed by atoms with Gasteiger partial charge in [0.2, 0.25) is 11.8 Å². The van der Waals surface area contributed by atoms with E-state index in [1.165, 1.54) is 0 Å². The number of benzene rings is 1. The van der Waals surface area contributed by atoms with Crippen molar-refractivity contribution in [2.75, 3.05) is 16.8 Å². The fraction of sp³-hybridized carbons (Fsp3) is 0.476. The molecule has 0 bridgehead atoms. The van der Waals surface area contributed by atoms with Crippen molar-refractivity contribution in [1.82, 2.24) is 9.78 Å². The van der Waals surface area contributed by atoms with Crippen molar-refractivity contribution in [2.45, 2.75) is 52.5 Å². The van der Waals surface area contributed by atoms with Gasteiger partial charge in [0, 0.05) is 31.3 Å². The van der Waals surface area contributed by atoms with Crippen molar-refractivity contribution < 1.29 is 9.59 Å². The number of aryl methyl sites for hydroxylation is 1. The van der Waals surface area contributed by atoms with Gasteiger partial charge in [0.15, 0.2) is 0 Å². The zero-order valence-electron chi connectivity index (χ0n) is 16.3. The third-order valence-electron chi connectivity index (χ3n) is 5.27. The van der Waals surface area contributed by atoms with Crippen LogP contribution in [-0.2, 0) is 16.1 Å². The van der Waals surface area contributed by atoms with Gasteiger partial charge in [-0.25, -0.2) is 4.68 Å². The molecule has 3 rings (SSSR count). The Morgan fingerprint density at radius 3 is 2.81 bits per heavy atom. The molecule has 1 saturated heterocycles. The molecule has 0 radical (unpaired) electrons. The van der Waals surface area contributed by atoms with E-state index in [0.717, 1.165) is 30.6 Å². The molecule has 1 aromatic carbocycles. The molecule has 27 heavy (non-hydrogen) atoms. The predicted molar refractivity (Wildman–Crippen MR) is 107 cm³/mol. The molecule has 0 aliphatic carbocycles. The Kier molecular flexibility index (Phi) is 5.94. The topological polar surface area (TPSA) is 67.2 Å². The van der Waals surface area contributed by atoms with Crippen molar-refractivity contribution in [3.8, 4) is 0 Å². The highest BCUT2D eigenvalue weighted by Crippen LogP contribution is 2.33. The molecule has 1 aliphatic heterocycles. The molecule has 2 unspecified atom stereocenters. The lowest BCUT2D eigenvalue weighted by Crippen LogP contribution is -2.29. The zero-order valence-corrected chi connectivity index (χ0v) is 16.3. The van der Waals surface area contributed by atoms with Crippen LogP contribution in [0.25, 0.3) is 0 Å². The summed E-state index contributed by atoms with van der Waals surface area (Å²) in [6, 6.07) is 9.81. The Labute approximate surface area is 160 Å². The SMILES string of the molecule is CCCn1nccc1NC(=O)C1CC(=O)N(c2ccccc2C(C)CC)C1. The number of anilines is 2. The van der Waals surface area contributed by atoms with Gasteiger partial charge in [-0.1, -0.05) is 39.0 Å². The second-order valence-electron chi connectivity index (χ2n) is 7.20. The highest BCUT2D eigenvalue weighted by molar-refractivity contribution is 6.03. The Balaban J connectivity index is 1.74. The van der Waals surface area contributed by atoms with Gasteiger partial charge in [0.25, 0.3) is 0 Å². The third kappa shape index (κ3) is 4.04. The van der Waals surface area contributed by atoms with Gasteiger partial charge in [-0.2, -0.15) is 5.10 Å². The number of amides is 2. The summed E-state index contributed by atoms with van der Waals surface area (Å²) in [5.74, 6) is 0.586. The van der Waals surface area contributed by atoms with Gasteiger partial charge in [0.05, 0.1) is 12.1 Å². The molecule has 0 saturated carbocycles. The van der Waals surface area contributed by atoms with Crippen molar-refractivity contribution in [3.05, 3.63) is 42.1 Å². The first-order chi connectivity index (χ1) is 13.0. The first kappa shape index (κ1) is 19.1. The van der Waals surface area contributed by atoms with Crippen LogP contribution in [0.5, 0.6) is 0 Å². The van der Waals surface area contributed by atoms with Crippen LogP contribution in [0.1, 0.15) is 51.5 Å². The second-order valence-corrected chi connectivity index (χ2v) is 7.20. The Morgan fingerprint density at radius 2 is 2.07 bits per heavy atom. The van der Waals surface area contributed by atoms with Gasteiger partial charge in [0.1, 0.15) is 5.82 Å². The molecule has 2 amide bonds. The summed E-state index contributed by atoms with van der Waals surface area (Å²) in [5.41, 5.74) is 2.10. The number of carbonyl (C=O) groups excluding carboxylic acids is 2. The number of nitrogens with zero attached hydrogens (tertiary/aromatic N) is 3. The summed E-state index contributed by atoms with van der Waals surface area (Å²) >= 11 is 0. The first-order valence-electron chi connectivity index (χ1n) is 9.77. The molecule has 1 N–H and O–H groups in total. The van der Waals surface area contributed by atoms with E-state index in [4.69, 9.17) is 0 Å². The molecule has 144 valence electrons. The average Bonchev–Trinajstić information content (AvgIpc) is 3.28. The summed E-state index contributed by atoms with van der Waals surface area (Å²) in [7, 11) is 0. The second kappa shape index (κ2) is 8.37. The Hall–Kier alpha value is -2.63. The van der Waals surface area contributed by atoms with E-state index in [0.29, 0.717) is 18.3 Å². The number of carbonyl (C=O) groups is 2. The minimum atomic E-state index is -0.354. The van der Waals surface area contributed by atoms with E-state index in [1.54, 1.807) is 21.8 Å². The summed E-state index contributed by atoms with van der Waals surface area (Å²) in [4.78, 5) is 27.2. The fourth-order valence-electron chi connectivity index (χ4n) is 3.54. The quantitative estimate of drug-likeness (QED) is 0.808. The van der Waals surface area contributed by atoms with Crippen LogP contribution in [-0.4, -0.2) is 28.1 Å². The lowest BCUT2D eigenvalue weighted by Gasteiger charge is -2.23. The number of rotatable bonds is 7. The molecule has 6 nitrogen and oxygen atoms in total. The summed E-state index contributed by atoms with van der Waals surface area (Å²) in [5, 5.41) is 7.17. The Bertz CT molecular complexity index is 814. The first-order valence-corrected chi connectivity index (χ1v) is 9.77. The van der Waals surface area contributed by atoms with Crippen molar-refractivity contribution >= 4 is 23.3 Å². The maximum Gasteiger partial charge on any atom is 0.230 e. The van der Waals surface area contributed by atoms with E-state index in [9.17, 15) is 9.59 Å². The molecule has 1 aromatic heterocycles. The normalized spacial score (nSPS) is 18.0. The highest BCUT2D eigenvalue weighted by Gasteiger charge is 2.36. The lowest BCUT2D eigenvalue weighted by molar-refractivity contribution is -0.122. The molecule has 2 atom stereocenters. The minimum absolute atomic E-state index is 0.00738. The zero-order chi connectivity index (χ0) is 19.4. The van der Waals surface area contributed by atoms with E-state index >= 15 is 0 Å². The molecule has 6 heteroatoms. The van der Waals surface area contributed by atoms with Crippen LogP contribution < -0.4 is 10.2 Å². The van der Waals surface area contributed by atoms with E-state index in [-0.39, 0.29) is 24.2 Å². The molecular weight excluding hydrogens is 340 g/mol. The van der Waals surface area contributed by atoms with Crippen LogP contribution in [0.2, 0.25) is 0 Å². The standard InChI is InChI=1S/C21H28N4O2/c1-4-12-25-19(10-11-22-25)23-21(27)16-13-20(26)24(14-16)18-9-7-6-8-17(18)15(3)5-2/h6-11,15-16H,4-5,12-14H2,1-3H3,(H,23,27). The van der Waals surface area contributed by atoms with Crippen LogP contribution in [0, 0.1) is 5.92 Å². The van der Waals surface area contributed by atoms with E-state index in [2.05, 4.69) is 37.3 Å². The van der Waals surface area contributed by atoms with E-state index in [1.807, 2.05) is 18.2 Å². The van der Waals surface area contributed by atoms with Crippen molar-refractivity contribution in [2.24, 2.45) is 5.92 Å². The molecule has 2 aromatic rings. The molecule has 0 spiro atoms. The monoisotopic (exact) mass is 368 g/mol. The number of hydrogen-bond acceptors (Lipinski definition) is 3. The maximum absolute atomic E-state index is 12.7. The number of aromatic nitrogens is 2. The molecule has 1 aliphatic rings. The molecule has 2 heterocycles. The largest absolute Gasteiger partial charge is 0.311 e. The minimum Gasteiger partial charge on any atom is -0.311 e. The smallest absolute Gasteiger partial charge is 0.230 e. The maximum atomic E-state index is 12.7. The van der Waals surface area contributed by atoms with Gasteiger partial charge in [-0.05, 0) is 30.4 Å². The van der Waals surface area contributed by atoms with Crippen LogP contribution >= 0.6 is 0 Å². The highest BCUT2D eigenvalue weighted by atomic mass is 16.2. The lowest BCUT2D eigenvalue weighted by atomic mass is 9.96. The number of nitrogens with one attached hydrogen (secondary N) is 1. The van der Waals surface area contributed by atoms with Crippen molar-refractivity contribution in [3.63, 3.8) is 0 Å². The number of para-hydroxylation sites is 1. The third-order valence-corrected chi connectivity index (χ3v) is 5.27. The predicted octanol–water partition coefficient (Wildman–Crippen LogP) is 3.80. The average molecular weight is 368 g/mol. The Morgan fingerprint density at radius 1 is 1.30 bits per heavy atom. The van der Waals surface area contributed by atoms with Gasteiger partial charge >= 0.3 is 0 Å². The van der Waals surface area contributed by atoms with E-state index < -0.39 is 0 Å². The van der Waals surface area contributed by atoms with Crippen LogP contribution in [0.15, 0.2) is 36.5 Å². The fourth-order valence-corrected chi connectivity index (χ4v) is 3.54. The van der Waals surface area contributed by atoms with Gasteiger partial charge in [-0.3, -0.25) is 9.59 Å². The summed E-state index contributed by atoms with van der Waals surface area (Å²) in [6.45, 7) is 7.54. The molecule has 1 fully saturated rings. The summed E-state index contributed by atoms with van der Waals surface area (Å²) in [6.07, 6.45) is 3.86. The summed E-state index contributed by atoms with van der Waals surface area (Å²) < 4.78 is 1.78. The number of hydrogen-bond donors (Lipinski definition) is 1. The van der Waals surface area contributed by atoms with Gasteiger partial charge < -0.3 is 10.2 Å². The van der Waals surface area contributed by atoms with Crippen LogP contribution in [0.3, 0.4) is 0 Å².